The first-order chi connectivity index (χ1) is 7.63. The second-order valence-electron chi connectivity index (χ2n) is 2.96. The van der Waals surface area contributed by atoms with Gasteiger partial charge in [0.2, 0.25) is 0 Å². The highest BCUT2D eigenvalue weighted by Gasteiger charge is 1.97. The fraction of sp³-hybridized carbons (Fsp3) is 0.273. The van der Waals surface area contributed by atoms with E-state index in [2.05, 4.69) is 16.8 Å². The van der Waals surface area contributed by atoms with Crippen LogP contribution in [0.5, 0.6) is 0 Å². The molecule has 0 atom stereocenters. The van der Waals surface area contributed by atoms with Crippen LogP contribution in [0.1, 0.15) is 18.9 Å². The van der Waals surface area contributed by atoms with Gasteiger partial charge in [-0.05, 0) is 13.0 Å². The van der Waals surface area contributed by atoms with Crippen LogP contribution in [0, 0.1) is 11.8 Å². The van der Waals surface area contributed by atoms with E-state index >= 15 is 0 Å². The van der Waals surface area contributed by atoms with Crippen molar-refractivity contribution in [1.29, 1.82) is 0 Å². The number of nitrogens with one attached hydrogen (secondary N) is 1. The quantitative estimate of drug-likeness (QED) is 0.553. The summed E-state index contributed by atoms with van der Waals surface area (Å²) in [6.07, 6.45) is 1.46. The van der Waals surface area contributed by atoms with Crippen LogP contribution >= 0.6 is 0 Å². The highest BCUT2D eigenvalue weighted by atomic mass is 16.5. The molecule has 3 N–H and O–H groups in total. The van der Waals surface area contributed by atoms with Gasteiger partial charge in [0, 0.05) is 11.8 Å². The molecule has 84 valence electrons. The molecule has 0 saturated carbocycles. The van der Waals surface area contributed by atoms with Crippen LogP contribution in [0.2, 0.25) is 0 Å². The number of carbonyl (C=O) groups excluding carboxylic acids is 1. The van der Waals surface area contributed by atoms with Crippen LogP contribution in [0.4, 0.5) is 5.69 Å². The first kappa shape index (κ1) is 11.9. The molecule has 1 heterocycles. The van der Waals surface area contributed by atoms with Gasteiger partial charge in [-0.25, -0.2) is 0 Å². The molecule has 1 aromatic rings. The summed E-state index contributed by atoms with van der Waals surface area (Å²) >= 11 is 0. The molecule has 0 unspecified atom stereocenters. The monoisotopic (exact) mass is 220 g/mol. The van der Waals surface area contributed by atoms with Gasteiger partial charge in [0.25, 0.3) is 5.56 Å². The van der Waals surface area contributed by atoms with Crippen molar-refractivity contribution in [2.24, 2.45) is 0 Å². The van der Waals surface area contributed by atoms with E-state index in [1.165, 1.54) is 12.3 Å². The second kappa shape index (κ2) is 5.61. The van der Waals surface area contributed by atoms with Gasteiger partial charge in [0.15, 0.2) is 0 Å². The van der Waals surface area contributed by atoms with Crippen molar-refractivity contribution in [1.82, 2.24) is 4.98 Å². The van der Waals surface area contributed by atoms with Crippen molar-refractivity contribution in [2.75, 3.05) is 12.3 Å². The van der Waals surface area contributed by atoms with E-state index in [1.807, 2.05) is 0 Å². The van der Waals surface area contributed by atoms with E-state index in [0.29, 0.717) is 12.2 Å². The van der Waals surface area contributed by atoms with Crippen LogP contribution in [0.15, 0.2) is 17.1 Å². The molecule has 1 aromatic heterocycles. The Morgan fingerprint density at radius 2 is 2.38 bits per heavy atom. The molecule has 0 aliphatic carbocycles. The van der Waals surface area contributed by atoms with Crippen molar-refractivity contribution in [3.63, 3.8) is 0 Å². The maximum atomic E-state index is 10.9. The zero-order chi connectivity index (χ0) is 12.0. The second-order valence-corrected chi connectivity index (χ2v) is 2.96. The van der Waals surface area contributed by atoms with Gasteiger partial charge in [-0.15, -0.1) is 0 Å². The predicted molar refractivity (Wildman–Crippen MR) is 59.6 cm³/mol. The van der Waals surface area contributed by atoms with Crippen molar-refractivity contribution in [3.05, 3.63) is 28.2 Å². The van der Waals surface area contributed by atoms with E-state index in [9.17, 15) is 9.59 Å². The summed E-state index contributed by atoms with van der Waals surface area (Å²) in [5, 5.41) is 0. The van der Waals surface area contributed by atoms with Gasteiger partial charge >= 0.3 is 5.97 Å². The molecular formula is C11H12N2O3. The number of nitrogens with two attached hydrogens (primary N) is 1. The minimum atomic E-state index is -0.368. The number of pyridine rings is 1. The van der Waals surface area contributed by atoms with Crippen LogP contribution in [-0.4, -0.2) is 17.6 Å². The van der Waals surface area contributed by atoms with Crippen LogP contribution in [0.25, 0.3) is 0 Å². The van der Waals surface area contributed by atoms with Crippen molar-refractivity contribution in [3.8, 4) is 11.8 Å². The molecule has 0 amide bonds. The lowest BCUT2D eigenvalue weighted by Gasteiger charge is -1.95. The first-order valence-corrected chi connectivity index (χ1v) is 4.76. The lowest BCUT2D eigenvalue weighted by molar-refractivity contribution is -0.141. The molecule has 5 heteroatoms. The lowest BCUT2D eigenvalue weighted by Crippen LogP contribution is -2.10. The average Bonchev–Trinajstić information content (AvgIpc) is 2.24. The standard InChI is InChI=1S/C11H12N2O3/c1-2-16-10(14)5-3-4-8-6-9(12)11(15)13-7-8/h6-7H,2,5,12H2,1H3,(H,13,15). The zero-order valence-corrected chi connectivity index (χ0v) is 8.87. The summed E-state index contributed by atoms with van der Waals surface area (Å²) in [5.41, 5.74) is 5.70. The van der Waals surface area contributed by atoms with Crippen molar-refractivity contribution in [2.45, 2.75) is 13.3 Å². The number of carbonyl (C=O) groups is 1. The van der Waals surface area contributed by atoms with Gasteiger partial charge in [0.05, 0.1) is 12.3 Å². The Labute approximate surface area is 92.6 Å². The van der Waals surface area contributed by atoms with Crippen molar-refractivity contribution >= 4 is 11.7 Å². The van der Waals surface area contributed by atoms with Gasteiger partial charge in [0.1, 0.15) is 6.42 Å². The minimum Gasteiger partial charge on any atom is -0.465 e. The van der Waals surface area contributed by atoms with Gasteiger partial charge in [-0.3, -0.25) is 9.59 Å². The van der Waals surface area contributed by atoms with Crippen LogP contribution in [-0.2, 0) is 9.53 Å². The van der Waals surface area contributed by atoms with E-state index < -0.39 is 0 Å². The zero-order valence-electron chi connectivity index (χ0n) is 8.87. The maximum absolute atomic E-state index is 10.9. The summed E-state index contributed by atoms with van der Waals surface area (Å²) in [5.74, 6) is 4.96. The number of hydrogen-bond donors (Lipinski definition) is 2. The van der Waals surface area contributed by atoms with E-state index in [0.717, 1.165) is 0 Å². The Bertz CT molecular complexity index is 494. The first-order valence-electron chi connectivity index (χ1n) is 4.76. The molecule has 0 radical (unpaired) electrons. The summed E-state index contributed by atoms with van der Waals surface area (Å²) < 4.78 is 4.70. The Morgan fingerprint density at radius 3 is 3.00 bits per heavy atom. The highest BCUT2D eigenvalue weighted by molar-refractivity contribution is 5.72. The Morgan fingerprint density at radius 1 is 1.62 bits per heavy atom. The number of ether oxygens (including phenoxy) is 1. The SMILES string of the molecule is CCOC(=O)CC#Cc1c[nH]c(=O)c(N)c1. The number of aromatic amines is 1. The summed E-state index contributed by atoms with van der Waals surface area (Å²) in [4.78, 5) is 24.3. The van der Waals surface area contributed by atoms with E-state index in [4.69, 9.17) is 10.5 Å². The van der Waals surface area contributed by atoms with Gasteiger partial charge < -0.3 is 15.5 Å². The topological polar surface area (TPSA) is 85.2 Å². The largest absolute Gasteiger partial charge is 0.465 e. The molecule has 0 spiro atoms. The van der Waals surface area contributed by atoms with Crippen LogP contribution in [0.3, 0.4) is 0 Å². The molecular weight excluding hydrogens is 208 g/mol. The normalized spacial score (nSPS) is 9.06. The van der Waals surface area contributed by atoms with Crippen molar-refractivity contribution < 1.29 is 9.53 Å². The third kappa shape index (κ3) is 3.50. The summed E-state index contributed by atoms with van der Waals surface area (Å²) in [7, 11) is 0. The molecule has 1 rings (SSSR count). The summed E-state index contributed by atoms with van der Waals surface area (Å²) in [6, 6.07) is 1.46. The fourth-order valence-electron chi connectivity index (χ4n) is 1.00. The smallest absolute Gasteiger partial charge is 0.317 e. The number of rotatable bonds is 2. The number of H-pyrrole nitrogens is 1. The molecule has 0 aromatic carbocycles. The molecule has 0 aliphatic heterocycles. The van der Waals surface area contributed by atoms with Gasteiger partial charge in [-0.1, -0.05) is 11.8 Å². The molecule has 0 bridgehead atoms. The molecule has 0 fully saturated rings. The average molecular weight is 220 g/mol. The number of anilines is 1. The van der Waals surface area contributed by atoms with E-state index in [1.54, 1.807) is 6.92 Å². The molecule has 5 nitrogen and oxygen atoms in total. The van der Waals surface area contributed by atoms with E-state index in [-0.39, 0.29) is 23.6 Å². The summed E-state index contributed by atoms with van der Waals surface area (Å²) in [6.45, 7) is 2.07. The molecule has 0 aliphatic rings. The lowest BCUT2D eigenvalue weighted by atomic mass is 10.2. The fourth-order valence-corrected chi connectivity index (χ4v) is 1.00. The Balaban J connectivity index is 2.67. The number of esters is 1. The minimum absolute atomic E-state index is 0.0207. The number of hydrogen-bond acceptors (Lipinski definition) is 4. The maximum Gasteiger partial charge on any atom is 0.317 e. The predicted octanol–water partition coefficient (Wildman–Crippen LogP) is 0.262. The van der Waals surface area contributed by atoms with Gasteiger partial charge in [-0.2, -0.15) is 0 Å². The highest BCUT2D eigenvalue weighted by Crippen LogP contribution is 1.97. The molecule has 0 saturated heterocycles. The molecule has 16 heavy (non-hydrogen) atoms. The third-order valence-electron chi connectivity index (χ3n) is 1.70. The van der Waals surface area contributed by atoms with Crippen LogP contribution < -0.4 is 11.3 Å². The number of nitrogen functional groups attached to an aromatic ring is 1. The third-order valence-corrected chi connectivity index (χ3v) is 1.70. The number of aromatic nitrogens is 1. The Kier molecular flexibility index (Phi) is 4.16. The Hall–Kier alpha value is -2.22.